The van der Waals surface area contributed by atoms with Crippen molar-refractivity contribution in [3.8, 4) is 5.75 Å². The Kier molecular flexibility index (Phi) is 5.94. The lowest BCUT2D eigenvalue weighted by Crippen LogP contribution is -2.47. The van der Waals surface area contributed by atoms with Crippen molar-refractivity contribution in [3.63, 3.8) is 0 Å². The lowest BCUT2D eigenvalue weighted by Gasteiger charge is -2.37. The maximum absolute atomic E-state index is 12.8. The first-order valence-electron chi connectivity index (χ1n) is 9.25. The van der Waals surface area contributed by atoms with Crippen LogP contribution in [-0.4, -0.2) is 18.6 Å². The number of amides is 1. The number of hydrogen-bond donors (Lipinski definition) is 1. The largest absolute Gasteiger partial charge is 0.489 e. The van der Waals surface area contributed by atoms with E-state index in [1.165, 1.54) is 0 Å². The van der Waals surface area contributed by atoms with Crippen LogP contribution < -0.4 is 10.1 Å². The van der Waals surface area contributed by atoms with Crippen molar-refractivity contribution in [2.24, 2.45) is 5.92 Å². The van der Waals surface area contributed by atoms with Crippen molar-refractivity contribution in [1.82, 2.24) is 0 Å². The highest BCUT2D eigenvalue weighted by atomic mass is 16.5. The molecule has 4 heteroatoms. The summed E-state index contributed by atoms with van der Waals surface area (Å²) >= 11 is 0. The van der Waals surface area contributed by atoms with Gasteiger partial charge in [-0.15, -0.1) is 0 Å². The fraction of sp³-hybridized carbons (Fsp3) is 0.409. The average molecular weight is 353 g/mol. The summed E-state index contributed by atoms with van der Waals surface area (Å²) in [7, 11) is 1.64. The third-order valence-electron chi connectivity index (χ3n) is 5.12. The summed E-state index contributed by atoms with van der Waals surface area (Å²) in [6.07, 6.45) is 3.73. The van der Waals surface area contributed by atoms with E-state index < -0.39 is 5.60 Å². The lowest BCUT2D eigenvalue weighted by molar-refractivity contribution is -0.143. The Morgan fingerprint density at radius 1 is 1.15 bits per heavy atom. The number of benzene rings is 2. The Labute approximate surface area is 155 Å². The average Bonchev–Trinajstić information content (AvgIpc) is 2.68. The van der Waals surface area contributed by atoms with Gasteiger partial charge in [-0.3, -0.25) is 4.79 Å². The SMILES string of the molecule is CO[C@@]1(C(=O)Nc2ccc(OCc3ccccc3)cc2)CCC[C@@H](C)C1. The normalized spacial score (nSPS) is 22.6. The Bertz CT molecular complexity index is 714. The number of hydrogen-bond acceptors (Lipinski definition) is 3. The molecule has 2 aromatic carbocycles. The Morgan fingerprint density at radius 2 is 1.88 bits per heavy atom. The molecule has 0 saturated heterocycles. The van der Waals surface area contributed by atoms with Crippen LogP contribution in [0, 0.1) is 5.92 Å². The van der Waals surface area contributed by atoms with Crippen LogP contribution in [0.2, 0.25) is 0 Å². The number of carbonyl (C=O) groups excluding carboxylic acids is 1. The molecule has 4 nitrogen and oxygen atoms in total. The zero-order valence-corrected chi connectivity index (χ0v) is 15.5. The van der Waals surface area contributed by atoms with Crippen molar-refractivity contribution in [3.05, 3.63) is 60.2 Å². The summed E-state index contributed by atoms with van der Waals surface area (Å²) < 4.78 is 11.4. The smallest absolute Gasteiger partial charge is 0.256 e. The molecule has 0 heterocycles. The Balaban J connectivity index is 1.59. The molecule has 2 aromatic rings. The predicted octanol–water partition coefficient (Wildman–Crippen LogP) is 4.80. The fourth-order valence-corrected chi connectivity index (χ4v) is 3.61. The van der Waals surface area contributed by atoms with Crippen LogP contribution in [0.3, 0.4) is 0 Å². The van der Waals surface area contributed by atoms with Crippen LogP contribution in [0.25, 0.3) is 0 Å². The van der Waals surface area contributed by atoms with Gasteiger partial charge in [0.1, 0.15) is 18.0 Å². The first-order valence-corrected chi connectivity index (χ1v) is 9.25. The van der Waals surface area contributed by atoms with E-state index in [1.807, 2.05) is 54.6 Å². The molecular weight excluding hydrogens is 326 g/mol. The third kappa shape index (κ3) is 4.44. The van der Waals surface area contributed by atoms with Crippen molar-refractivity contribution < 1.29 is 14.3 Å². The minimum absolute atomic E-state index is 0.0514. The number of nitrogens with one attached hydrogen (secondary N) is 1. The van der Waals surface area contributed by atoms with Crippen LogP contribution in [0.1, 0.15) is 38.2 Å². The summed E-state index contributed by atoms with van der Waals surface area (Å²) in [5, 5.41) is 3.01. The lowest BCUT2D eigenvalue weighted by atomic mass is 9.78. The van der Waals surface area contributed by atoms with E-state index in [1.54, 1.807) is 7.11 Å². The van der Waals surface area contributed by atoms with Crippen molar-refractivity contribution in [2.45, 2.75) is 44.8 Å². The number of ether oxygens (including phenoxy) is 2. The first kappa shape index (κ1) is 18.5. The van der Waals surface area contributed by atoms with E-state index in [0.29, 0.717) is 12.5 Å². The second-order valence-corrected chi connectivity index (χ2v) is 7.15. The van der Waals surface area contributed by atoms with Gasteiger partial charge in [-0.2, -0.15) is 0 Å². The summed E-state index contributed by atoms with van der Waals surface area (Å²) in [6.45, 7) is 2.70. The zero-order valence-electron chi connectivity index (χ0n) is 15.5. The van der Waals surface area contributed by atoms with Gasteiger partial charge in [0.05, 0.1) is 0 Å². The number of methoxy groups -OCH3 is 1. The van der Waals surface area contributed by atoms with Crippen molar-refractivity contribution in [2.75, 3.05) is 12.4 Å². The fourth-order valence-electron chi connectivity index (χ4n) is 3.61. The van der Waals surface area contributed by atoms with Gasteiger partial charge in [-0.05, 0) is 55.0 Å². The molecule has 1 aliphatic rings. The monoisotopic (exact) mass is 353 g/mol. The van der Waals surface area contributed by atoms with E-state index in [9.17, 15) is 4.79 Å². The van der Waals surface area contributed by atoms with Gasteiger partial charge in [0, 0.05) is 12.8 Å². The molecule has 0 aliphatic heterocycles. The molecule has 26 heavy (non-hydrogen) atoms. The van der Waals surface area contributed by atoms with E-state index >= 15 is 0 Å². The summed E-state index contributed by atoms with van der Waals surface area (Å²) in [6, 6.07) is 17.5. The van der Waals surface area contributed by atoms with Crippen LogP contribution in [0.5, 0.6) is 5.75 Å². The molecular formula is C22H27NO3. The molecule has 2 atom stereocenters. The molecule has 0 spiro atoms. The standard InChI is InChI=1S/C22H27NO3/c1-17-7-6-14-22(15-17,25-2)21(24)23-19-10-12-20(13-11-19)26-16-18-8-4-3-5-9-18/h3-5,8-13,17H,6-7,14-16H2,1-2H3,(H,23,24)/t17-,22+/m1/s1. The first-order chi connectivity index (χ1) is 12.6. The quantitative estimate of drug-likeness (QED) is 0.811. The summed E-state index contributed by atoms with van der Waals surface area (Å²) in [5.74, 6) is 1.23. The van der Waals surface area contributed by atoms with E-state index in [2.05, 4.69) is 12.2 Å². The number of rotatable bonds is 6. The molecule has 1 N–H and O–H groups in total. The molecule has 0 unspecified atom stereocenters. The molecule has 1 fully saturated rings. The number of carbonyl (C=O) groups is 1. The minimum Gasteiger partial charge on any atom is -0.489 e. The van der Waals surface area contributed by atoms with Gasteiger partial charge < -0.3 is 14.8 Å². The van der Waals surface area contributed by atoms with Crippen LogP contribution in [0.15, 0.2) is 54.6 Å². The molecule has 0 radical (unpaired) electrons. The van der Waals surface area contributed by atoms with Gasteiger partial charge in [-0.1, -0.05) is 43.7 Å². The summed E-state index contributed by atoms with van der Waals surface area (Å²) in [5.41, 5.74) is 1.18. The number of anilines is 1. The third-order valence-corrected chi connectivity index (χ3v) is 5.12. The molecule has 0 bridgehead atoms. The highest BCUT2D eigenvalue weighted by Gasteiger charge is 2.41. The predicted molar refractivity (Wildman–Crippen MR) is 103 cm³/mol. The maximum Gasteiger partial charge on any atom is 0.256 e. The highest BCUT2D eigenvalue weighted by Crippen LogP contribution is 2.35. The maximum atomic E-state index is 12.8. The van der Waals surface area contributed by atoms with Gasteiger partial charge in [-0.25, -0.2) is 0 Å². The molecule has 1 aliphatic carbocycles. The van der Waals surface area contributed by atoms with E-state index in [-0.39, 0.29) is 5.91 Å². The molecule has 1 saturated carbocycles. The van der Waals surface area contributed by atoms with Crippen molar-refractivity contribution >= 4 is 11.6 Å². The molecule has 0 aromatic heterocycles. The van der Waals surface area contributed by atoms with Crippen LogP contribution in [0.4, 0.5) is 5.69 Å². The summed E-state index contributed by atoms with van der Waals surface area (Å²) in [4.78, 5) is 12.8. The zero-order chi connectivity index (χ0) is 18.4. The van der Waals surface area contributed by atoms with Crippen molar-refractivity contribution in [1.29, 1.82) is 0 Å². The molecule has 138 valence electrons. The van der Waals surface area contributed by atoms with Gasteiger partial charge >= 0.3 is 0 Å². The molecule has 3 rings (SSSR count). The van der Waals surface area contributed by atoms with Crippen LogP contribution >= 0.6 is 0 Å². The van der Waals surface area contributed by atoms with E-state index in [4.69, 9.17) is 9.47 Å². The van der Waals surface area contributed by atoms with E-state index in [0.717, 1.165) is 42.7 Å². The van der Waals surface area contributed by atoms with Gasteiger partial charge in [0.2, 0.25) is 0 Å². The second kappa shape index (κ2) is 8.37. The Morgan fingerprint density at radius 3 is 2.54 bits per heavy atom. The topological polar surface area (TPSA) is 47.6 Å². The minimum atomic E-state index is -0.708. The Hall–Kier alpha value is -2.33. The van der Waals surface area contributed by atoms with Crippen LogP contribution in [-0.2, 0) is 16.1 Å². The molecule has 1 amide bonds. The van der Waals surface area contributed by atoms with Gasteiger partial charge in [0.25, 0.3) is 5.91 Å². The highest BCUT2D eigenvalue weighted by molar-refractivity contribution is 5.97. The van der Waals surface area contributed by atoms with Gasteiger partial charge in [0.15, 0.2) is 0 Å². The second-order valence-electron chi connectivity index (χ2n) is 7.15.